The first-order valence-electron chi connectivity index (χ1n) is 7.40. The van der Waals surface area contributed by atoms with Crippen LogP contribution in [0, 0.1) is 5.82 Å². The first-order valence-corrected chi connectivity index (χ1v) is 7.40. The number of amides is 1. The third-order valence-corrected chi connectivity index (χ3v) is 2.96. The van der Waals surface area contributed by atoms with Crippen LogP contribution in [0.4, 0.5) is 4.39 Å². The molecule has 0 saturated carbocycles. The Balaban J connectivity index is 2.78. The zero-order valence-corrected chi connectivity index (χ0v) is 13.2. The van der Waals surface area contributed by atoms with Gasteiger partial charge in [-0.3, -0.25) is 4.79 Å². The summed E-state index contributed by atoms with van der Waals surface area (Å²) < 4.78 is 19.5. The van der Waals surface area contributed by atoms with Crippen molar-refractivity contribution in [3.05, 3.63) is 29.6 Å². The molecule has 1 aromatic carbocycles. The fourth-order valence-electron chi connectivity index (χ4n) is 1.76. The van der Waals surface area contributed by atoms with Gasteiger partial charge in [0.05, 0.1) is 0 Å². The maximum atomic E-state index is 14.0. The zero-order chi connectivity index (χ0) is 15.8. The van der Waals surface area contributed by atoms with Gasteiger partial charge in [0.15, 0.2) is 17.7 Å². The highest BCUT2D eigenvalue weighted by molar-refractivity contribution is 5.80. The molecule has 0 bridgehead atoms. The minimum atomic E-state index is -0.730. The van der Waals surface area contributed by atoms with Crippen LogP contribution in [0.15, 0.2) is 18.2 Å². The van der Waals surface area contributed by atoms with Crippen LogP contribution in [0.3, 0.4) is 0 Å². The van der Waals surface area contributed by atoms with Crippen LogP contribution in [0.5, 0.6) is 5.75 Å². The van der Waals surface area contributed by atoms with Gasteiger partial charge in [-0.1, -0.05) is 32.9 Å². The number of hydrogen-bond acceptors (Lipinski definition) is 3. The number of nitrogens with one attached hydrogen (secondary N) is 2. The van der Waals surface area contributed by atoms with Gasteiger partial charge in [-0.2, -0.15) is 0 Å². The van der Waals surface area contributed by atoms with Crippen LogP contribution in [0.1, 0.15) is 39.7 Å². The van der Waals surface area contributed by atoms with Crippen LogP contribution >= 0.6 is 0 Å². The first-order chi connectivity index (χ1) is 9.95. The molecule has 0 aliphatic carbocycles. The van der Waals surface area contributed by atoms with E-state index in [1.165, 1.54) is 6.07 Å². The maximum absolute atomic E-state index is 14.0. The molecule has 0 heterocycles. The Hall–Kier alpha value is -1.62. The molecule has 1 atom stereocenters. The largest absolute Gasteiger partial charge is 0.477 e. The summed E-state index contributed by atoms with van der Waals surface area (Å²) in [6.45, 7) is 8.70. The molecule has 0 saturated heterocycles. The predicted octanol–water partition coefficient (Wildman–Crippen LogP) is 2.62. The lowest BCUT2D eigenvalue weighted by Gasteiger charge is -2.18. The lowest BCUT2D eigenvalue weighted by atomic mass is 10.1. The molecule has 1 amide bonds. The molecule has 2 N–H and O–H groups in total. The molecule has 0 aliphatic heterocycles. The van der Waals surface area contributed by atoms with Crippen LogP contribution in [0.25, 0.3) is 0 Å². The Morgan fingerprint density at radius 2 is 2.05 bits per heavy atom. The van der Waals surface area contributed by atoms with Crippen molar-refractivity contribution in [3.63, 3.8) is 0 Å². The van der Waals surface area contributed by atoms with Gasteiger partial charge in [0.1, 0.15) is 0 Å². The van der Waals surface area contributed by atoms with E-state index in [0.29, 0.717) is 18.7 Å². The fourth-order valence-corrected chi connectivity index (χ4v) is 1.76. The second-order valence-electron chi connectivity index (χ2n) is 5.31. The summed E-state index contributed by atoms with van der Waals surface area (Å²) in [5.74, 6) is -0.541. The topological polar surface area (TPSA) is 50.4 Å². The standard InChI is InChI=1S/C16H25FN2O2/c1-5-9-18-16(20)12(4)21-15-13(10-19-11(2)3)7-6-8-14(15)17/h6-8,11-12,19H,5,9-10H2,1-4H3,(H,18,20). The van der Waals surface area contributed by atoms with Gasteiger partial charge < -0.3 is 15.4 Å². The first kappa shape index (κ1) is 17.4. The van der Waals surface area contributed by atoms with E-state index in [-0.39, 0.29) is 17.7 Å². The number of carbonyl (C=O) groups is 1. The van der Waals surface area contributed by atoms with E-state index >= 15 is 0 Å². The van der Waals surface area contributed by atoms with Gasteiger partial charge in [-0.25, -0.2) is 4.39 Å². The Kier molecular flexibility index (Phi) is 7.15. The number of benzene rings is 1. The molecule has 0 aliphatic rings. The minimum absolute atomic E-state index is 0.143. The van der Waals surface area contributed by atoms with Crippen molar-refractivity contribution in [1.29, 1.82) is 0 Å². The van der Waals surface area contributed by atoms with Gasteiger partial charge in [0.25, 0.3) is 5.91 Å². The lowest BCUT2D eigenvalue weighted by Crippen LogP contribution is -2.37. The third kappa shape index (κ3) is 5.71. The molecule has 1 unspecified atom stereocenters. The van der Waals surface area contributed by atoms with Crippen molar-refractivity contribution in [2.24, 2.45) is 0 Å². The number of rotatable bonds is 8. The van der Waals surface area contributed by atoms with E-state index in [9.17, 15) is 9.18 Å². The smallest absolute Gasteiger partial charge is 0.260 e. The molecule has 0 aromatic heterocycles. The monoisotopic (exact) mass is 296 g/mol. The SMILES string of the molecule is CCCNC(=O)C(C)Oc1c(F)cccc1CNC(C)C. The maximum Gasteiger partial charge on any atom is 0.260 e. The highest BCUT2D eigenvalue weighted by Gasteiger charge is 2.18. The molecular weight excluding hydrogens is 271 g/mol. The molecule has 4 nitrogen and oxygen atoms in total. The number of ether oxygens (including phenoxy) is 1. The predicted molar refractivity (Wildman–Crippen MR) is 81.8 cm³/mol. The van der Waals surface area contributed by atoms with E-state index < -0.39 is 11.9 Å². The van der Waals surface area contributed by atoms with Crippen molar-refractivity contribution in [3.8, 4) is 5.75 Å². The van der Waals surface area contributed by atoms with E-state index in [1.807, 2.05) is 20.8 Å². The summed E-state index contributed by atoms with van der Waals surface area (Å²) >= 11 is 0. The van der Waals surface area contributed by atoms with Gasteiger partial charge >= 0.3 is 0 Å². The number of carbonyl (C=O) groups excluding carboxylic acids is 1. The summed E-state index contributed by atoms with van der Waals surface area (Å²) in [6.07, 6.45) is 0.119. The summed E-state index contributed by atoms with van der Waals surface area (Å²) in [5.41, 5.74) is 0.707. The van der Waals surface area contributed by atoms with Crippen molar-refractivity contribution in [2.75, 3.05) is 6.54 Å². The van der Waals surface area contributed by atoms with E-state index in [1.54, 1.807) is 19.1 Å². The lowest BCUT2D eigenvalue weighted by molar-refractivity contribution is -0.127. The molecule has 1 aromatic rings. The highest BCUT2D eigenvalue weighted by atomic mass is 19.1. The van der Waals surface area contributed by atoms with E-state index in [2.05, 4.69) is 10.6 Å². The normalized spacial score (nSPS) is 12.3. The van der Waals surface area contributed by atoms with Gasteiger partial charge in [-0.05, 0) is 19.4 Å². The molecule has 118 valence electrons. The molecule has 0 radical (unpaired) electrons. The number of halogens is 1. The molecule has 21 heavy (non-hydrogen) atoms. The van der Waals surface area contributed by atoms with E-state index in [4.69, 9.17) is 4.74 Å². The van der Waals surface area contributed by atoms with Crippen LogP contribution in [0.2, 0.25) is 0 Å². The van der Waals surface area contributed by atoms with Gasteiger partial charge in [0.2, 0.25) is 0 Å². The quantitative estimate of drug-likeness (QED) is 0.775. The summed E-state index contributed by atoms with van der Waals surface area (Å²) in [4.78, 5) is 11.8. The summed E-state index contributed by atoms with van der Waals surface area (Å²) in [6, 6.07) is 5.06. The van der Waals surface area contributed by atoms with Crippen molar-refractivity contribution in [1.82, 2.24) is 10.6 Å². The molecule has 1 rings (SSSR count). The Bertz CT molecular complexity index is 464. The molecular formula is C16H25FN2O2. The van der Waals surface area contributed by atoms with Crippen molar-refractivity contribution < 1.29 is 13.9 Å². The average molecular weight is 296 g/mol. The van der Waals surface area contributed by atoms with Gasteiger partial charge in [0, 0.05) is 24.7 Å². The Morgan fingerprint density at radius 3 is 2.67 bits per heavy atom. The molecule has 0 fully saturated rings. The van der Waals surface area contributed by atoms with Crippen molar-refractivity contribution in [2.45, 2.75) is 52.8 Å². The van der Waals surface area contributed by atoms with Crippen molar-refractivity contribution >= 4 is 5.91 Å². The summed E-state index contributed by atoms with van der Waals surface area (Å²) in [7, 11) is 0. The Morgan fingerprint density at radius 1 is 1.33 bits per heavy atom. The van der Waals surface area contributed by atoms with Crippen LogP contribution in [-0.2, 0) is 11.3 Å². The third-order valence-electron chi connectivity index (χ3n) is 2.96. The average Bonchev–Trinajstić information content (AvgIpc) is 2.45. The van der Waals surface area contributed by atoms with E-state index in [0.717, 1.165) is 6.42 Å². The fraction of sp³-hybridized carbons (Fsp3) is 0.562. The highest BCUT2D eigenvalue weighted by Crippen LogP contribution is 2.24. The van der Waals surface area contributed by atoms with Crippen LogP contribution < -0.4 is 15.4 Å². The zero-order valence-electron chi connectivity index (χ0n) is 13.2. The summed E-state index contributed by atoms with van der Waals surface area (Å²) in [5, 5.41) is 5.96. The number of para-hydroxylation sites is 1. The van der Waals surface area contributed by atoms with Crippen LogP contribution in [-0.4, -0.2) is 24.6 Å². The molecule has 0 spiro atoms. The van der Waals surface area contributed by atoms with Gasteiger partial charge in [-0.15, -0.1) is 0 Å². The Labute approximate surface area is 126 Å². The second-order valence-corrected chi connectivity index (χ2v) is 5.31. The second kappa shape index (κ2) is 8.62. The number of hydrogen-bond donors (Lipinski definition) is 2. The molecule has 5 heteroatoms. The minimum Gasteiger partial charge on any atom is -0.477 e.